The normalized spacial score (nSPS) is 14.0. The standard InChI is InChI=1S/C16H14N2O5S3/c19-16(12-7-9-24-10-12,15-2-1-8-25-15)11-17-26(22,23)14-5-3-13(4-6-14)18(20)21/h1-10,17,19H,11H2. The second kappa shape index (κ2) is 7.25. The fourth-order valence-electron chi connectivity index (χ4n) is 2.37. The SMILES string of the molecule is O=[N+]([O-])c1ccc(S(=O)(=O)NCC(O)(c2ccsc2)c2cccs2)cc1. The van der Waals surface area contributed by atoms with Crippen molar-refractivity contribution in [3.05, 3.63) is 79.2 Å². The van der Waals surface area contributed by atoms with E-state index in [4.69, 9.17) is 0 Å². The fraction of sp³-hybridized carbons (Fsp3) is 0.125. The van der Waals surface area contributed by atoms with Crippen LogP contribution in [-0.2, 0) is 15.6 Å². The number of hydrogen-bond donors (Lipinski definition) is 2. The van der Waals surface area contributed by atoms with Gasteiger partial charge in [-0.15, -0.1) is 11.3 Å². The molecule has 2 aromatic heterocycles. The molecule has 3 aromatic rings. The molecule has 0 radical (unpaired) electrons. The van der Waals surface area contributed by atoms with Crippen LogP contribution >= 0.6 is 22.7 Å². The van der Waals surface area contributed by atoms with Crippen molar-refractivity contribution in [1.82, 2.24) is 4.72 Å². The Kier molecular flexibility index (Phi) is 5.21. The lowest BCUT2D eigenvalue weighted by Gasteiger charge is -2.26. The third-order valence-electron chi connectivity index (χ3n) is 3.80. The van der Waals surface area contributed by atoms with E-state index >= 15 is 0 Å². The lowest BCUT2D eigenvalue weighted by molar-refractivity contribution is -0.384. The van der Waals surface area contributed by atoms with Crippen LogP contribution in [0, 0.1) is 10.1 Å². The van der Waals surface area contributed by atoms with Crippen molar-refractivity contribution in [2.45, 2.75) is 10.5 Å². The molecule has 1 unspecified atom stereocenters. The molecule has 0 spiro atoms. The van der Waals surface area contributed by atoms with Crippen molar-refractivity contribution in [1.29, 1.82) is 0 Å². The fourth-order valence-corrected chi connectivity index (χ4v) is 5.00. The average Bonchev–Trinajstić information content (AvgIpc) is 3.33. The Balaban J connectivity index is 1.86. The molecule has 136 valence electrons. The molecule has 2 heterocycles. The van der Waals surface area contributed by atoms with E-state index in [-0.39, 0.29) is 17.1 Å². The Morgan fingerprint density at radius 3 is 2.42 bits per heavy atom. The van der Waals surface area contributed by atoms with Crippen LogP contribution in [-0.4, -0.2) is 25.0 Å². The maximum absolute atomic E-state index is 12.5. The quantitative estimate of drug-likeness (QED) is 0.460. The number of thiophene rings is 2. The highest BCUT2D eigenvalue weighted by Crippen LogP contribution is 2.34. The summed E-state index contributed by atoms with van der Waals surface area (Å²) in [6.45, 7) is -0.260. The van der Waals surface area contributed by atoms with Gasteiger partial charge in [0.25, 0.3) is 5.69 Å². The number of rotatable bonds is 7. The molecule has 0 saturated heterocycles. The molecule has 2 N–H and O–H groups in total. The summed E-state index contributed by atoms with van der Waals surface area (Å²) >= 11 is 2.73. The first-order valence-corrected chi connectivity index (χ1v) is 10.7. The predicted molar refractivity (Wildman–Crippen MR) is 99.9 cm³/mol. The number of non-ortho nitro benzene ring substituents is 1. The van der Waals surface area contributed by atoms with E-state index in [1.54, 1.807) is 34.3 Å². The van der Waals surface area contributed by atoms with E-state index in [2.05, 4.69) is 4.72 Å². The third-order valence-corrected chi connectivity index (χ3v) is 6.92. The molecular formula is C16H14N2O5S3. The Hall–Kier alpha value is -2.11. The Bertz CT molecular complexity index is 947. The number of nitrogens with zero attached hydrogens (tertiary/aromatic N) is 1. The summed E-state index contributed by atoms with van der Waals surface area (Å²) in [4.78, 5) is 10.6. The van der Waals surface area contributed by atoms with Crippen LogP contribution in [0.1, 0.15) is 10.4 Å². The van der Waals surface area contributed by atoms with Gasteiger partial charge in [0.05, 0.1) is 9.82 Å². The van der Waals surface area contributed by atoms with Crippen LogP contribution in [0.15, 0.2) is 63.5 Å². The molecule has 1 atom stereocenters. The summed E-state index contributed by atoms with van der Waals surface area (Å²) in [7, 11) is -3.94. The van der Waals surface area contributed by atoms with Crippen molar-refractivity contribution < 1.29 is 18.4 Å². The van der Waals surface area contributed by atoms with Crippen molar-refractivity contribution in [3.8, 4) is 0 Å². The maximum Gasteiger partial charge on any atom is 0.269 e. The van der Waals surface area contributed by atoms with E-state index in [9.17, 15) is 23.6 Å². The molecule has 0 saturated carbocycles. The molecule has 0 amide bonds. The summed E-state index contributed by atoms with van der Waals surface area (Å²) in [5.41, 5.74) is -1.10. The predicted octanol–water partition coefficient (Wildman–Crippen LogP) is 2.93. The van der Waals surface area contributed by atoms with E-state index in [1.165, 1.54) is 22.7 Å². The molecule has 3 rings (SSSR count). The van der Waals surface area contributed by atoms with Gasteiger partial charge in [-0.1, -0.05) is 6.07 Å². The highest BCUT2D eigenvalue weighted by atomic mass is 32.2. The molecule has 0 aliphatic heterocycles. The van der Waals surface area contributed by atoms with E-state index in [0.717, 1.165) is 24.3 Å². The van der Waals surface area contributed by atoms with Gasteiger partial charge in [0.1, 0.15) is 5.60 Å². The smallest absolute Gasteiger partial charge is 0.269 e. The number of hydrogen-bond acceptors (Lipinski definition) is 7. The summed E-state index contributed by atoms with van der Waals surface area (Å²) in [5.74, 6) is 0. The van der Waals surface area contributed by atoms with E-state index in [1.807, 2.05) is 0 Å². The monoisotopic (exact) mass is 410 g/mol. The topological polar surface area (TPSA) is 110 Å². The highest BCUT2D eigenvalue weighted by molar-refractivity contribution is 7.89. The van der Waals surface area contributed by atoms with Crippen molar-refractivity contribution in [3.63, 3.8) is 0 Å². The lowest BCUT2D eigenvalue weighted by atomic mass is 9.95. The van der Waals surface area contributed by atoms with Crippen molar-refractivity contribution >= 4 is 38.4 Å². The summed E-state index contributed by atoms with van der Waals surface area (Å²) < 4.78 is 27.4. The van der Waals surface area contributed by atoms with Crippen LogP contribution in [0.3, 0.4) is 0 Å². The van der Waals surface area contributed by atoms with E-state index < -0.39 is 20.5 Å². The van der Waals surface area contributed by atoms with Gasteiger partial charge in [-0.2, -0.15) is 11.3 Å². The Morgan fingerprint density at radius 1 is 1.15 bits per heavy atom. The zero-order valence-electron chi connectivity index (χ0n) is 13.2. The highest BCUT2D eigenvalue weighted by Gasteiger charge is 2.34. The number of sulfonamides is 1. The molecule has 0 bridgehead atoms. The maximum atomic E-state index is 12.5. The zero-order chi connectivity index (χ0) is 18.8. The molecule has 0 fully saturated rings. The van der Waals surface area contributed by atoms with Crippen LogP contribution in [0.2, 0.25) is 0 Å². The average molecular weight is 410 g/mol. The molecule has 1 aromatic carbocycles. The number of nitrogens with one attached hydrogen (secondary N) is 1. The summed E-state index contributed by atoms with van der Waals surface area (Å²) in [5, 5.41) is 27.2. The van der Waals surface area contributed by atoms with Crippen LogP contribution in [0.25, 0.3) is 0 Å². The van der Waals surface area contributed by atoms with Crippen molar-refractivity contribution in [2.75, 3.05) is 6.54 Å². The first-order chi connectivity index (χ1) is 12.3. The number of nitro groups is 1. The van der Waals surface area contributed by atoms with Gasteiger partial charge in [-0.3, -0.25) is 10.1 Å². The number of benzene rings is 1. The number of aliphatic hydroxyl groups is 1. The van der Waals surface area contributed by atoms with Gasteiger partial charge < -0.3 is 5.11 Å². The van der Waals surface area contributed by atoms with Gasteiger partial charge in [0, 0.05) is 29.1 Å². The van der Waals surface area contributed by atoms with Crippen LogP contribution in [0.4, 0.5) is 5.69 Å². The molecule has 10 heteroatoms. The summed E-state index contributed by atoms with van der Waals surface area (Å²) in [6, 6.07) is 9.83. The minimum absolute atomic E-state index is 0.109. The minimum Gasteiger partial charge on any atom is -0.378 e. The Labute approximate surface area is 157 Å². The second-order valence-corrected chi connectivity index (χ2v) is 8.92. The van der Waals surface area contributed by atoms with Gasteiger partial charge in [-0.05, 0) is 40.4 Å². The first kappa shape index (κ1) is 18.7. The minimum atomic E-state index is -3.94. The van der Waals surface area contributed by atoms with Gasteiger partial charge in [0.15, 0.2) is 0 Å². The molecule has 0 aliphatic carbocycles. The second-order valence-electron chi connectivity index (χ2n) is 5.43. The molecular weight excluding hydrogens is 396 g/mol. The lowest BCUT2D eigenvalue weighted by Crippen LogP contribution is -2.40. The summed E-state index contributed by atoms with van der Waals surface area (Å²) in [6.07, 6.45) is 0. The first-order valence-electron chi connectivity index (χ1n) is 7.36. The van der Waals surface area contributed by atoms with E-state index in [0.29, 0.717) is 10.4 Å². The van der Waals surface area contributed by atoms with Crippen LogP contribution in [0.5, 0.6) is 0 Å². The Morgan fingerprint density at radius 2 is 1.88 bits per heavy atom. The number of nitro benzene ring substituents is 1. The molecule has 7 nitrogen and oxygen atoms in total. The largest absolute Gasteiger partial charge is 0.378 e. The van der Waals surface area contributed by atoms with Gasteiger partial charge >= 0.3 is 0 Å². The van der Waals surface area contributed by atoms with Gasteiger partial charge in [-0.25, -0.2) is 13.1 Å². The molecule has 26 heavy (non-hydrogen) atoms. The zero-order valence-corrected chi connectivity index (χ0v) is 15.7. The molecule has 0 aliphatic rings. The van der Waals surface area contributed by atoms with Crippen molar-refractivity contribution in [2.24, 2.45) is 0 Å². The van der Waals surface area contributed by atoms with Gasteiger partial charge in [0.2, 0.25) is 10.0 Å². The van der Waals surface area contributed by atoms with Crippen LogP contribution < -0.4 is 4.72 Å². The third kappa shape index (κ3) is 3.69.